The lowest BCUT2D eigenvalue weighted by molar-refractivity contribution is 0.442. The molecule has 0 saturated carbocycles. The van der Waals surface area contributed by atoms with Crippen LogP contribution < -0.4 is 16.4 Å². The van der Waals surface area contributed by atoms with Crippen LogP contribution in [0.3, 0.4) is 0 Å². The van der Waals surface area contributed by atoms with Crippen LogP contribution in [0.5, 0.6) is 0 Å². The van der Waals surface area contributed by atoms with Gasteiger partial charge >= 0.3 is 0 Å². The third-order valence-electron chi connectivity index (χ3n) is 1.25. The van der Waals surface area contributed by atoms with Crippen LogP contribution in [-0.4, -0.2) is 32.2 Å². The van der Waals surface area contributed by atoms with Gasteiger partial charge in [0.1, 0.15) is 0 Å². The lowest BCUT2D eigenvalue weighted by Gasteiger charge is -2.19. The van der Waals surface area contributed by atoms with Gasteiger partial charge in [-0.3, -0.25) is 0 Å². The fourth-order valence-corrected chi connectivity index (χ4v) is 0.798. The molecule has 1 rings (SSSR count). The molecule has 1 saturated heterocycles. The third kappa shape index (κ3) is 6.01. The smallest absolute Gasteiger partial charge is 0.0164 e. The minimum Gasteiger partial charge on any atom is -0.331 e. The van der Waals surface area contributed by atoms with Crippen LogP contribution >= 0.6 is 0 Å². The average Bonchev–Trinajstić information content (AvgIpc) is 1.91. The van der Waals surface area contributed by atoms with Crippen molar-refractivity contribution < 1.29 is 0 Å². The summed E-state index contributed by atoms with van der Waals surface area (Å²) in [6.07, 6.45) is 0. The predicted octanol–water partition coefficient (Wildman–Crippen LogP) is -0.467. The quantitative estimate of drug-likeness (QED) is 0.432. The third-order valence-corrected chi connectivity index (χ3v) is 1.25. The van der Waals surface area contributed by atoms with Crippen LogP contribution in [-0.2, 0) is 0 Å². The Hall–Kier alpha value is -0.120. The normalized spacial score (nSPS) is 24.9. The number of nitrogens with one attached hydrogen (secondary N) is 2. The zero-order valence-corrected chi connectivity index (χ0v) is 6.98. The van der Waals surface area contributed by atoms with Gasteiger partial charge in [0, 0.05) is 25.7 Å². The zero-order chi connectivity index (χ0) is 7.82. The molecule has 3 heteroatoms. The summed E-state index contributed by atoms with van der Waals surface area (Å²) in [7, 11) is 0. The van der Waals surface area contributed by atoms with E-state index in [0.717, 1.165) is 26.2 Å². The Kier molecular flexibility index (Phi) is 6.91. The maximum Gasteiger partial charge on any atom is 0.0164 e. The van der Waals surface area contributed by atoms with Gasteiger partial charge in [-0.15, -0.1) is 0 Å². The van der Waals surface area contributed by atoms with Gasteiger partial charge in [-0.25, -0.2) is 0 Å². The summed E-state index contributed by atoms with van der Waals surface area (Å²) in [6.45, 7) is 8.22. The standard InChI is InChI=1S/C5H12N2.C2H7N/c1-5-4-6-2-3-7-5;1-2-3/h5-7H,2-4H2,1H3;2-3H2,1H3. The van der Waals surface area contributed by atoms with E-state index in [1.807, 2.05) is 6.92 Å². The first-order valence-electron chi connectivity index (χ1n) is 3.95. The van der Waals surface area contributed by atoms with Crippen LogP contribution in [0.4, 0.5) is 0 Å². The van der Waals surface area contributed by atoms with E-state index in [1.165, 1.54) is 0 Å². The van der Waals surface area contributed by atoms with Gasteiger partial charge in [-0.05, 0) is 13.5 Å². The molecule has 0 bridgehead atoms. The van der Waals surface area contributed by atoms with Crippen molar-refractivity contribution in [2.24, 2.45) is 5.73 Å². The average molecular weight is 145 g/mol. The highest BCUT2D eigenvalue weighted by atomic mass is 15.0. The van der Waals surface area contributed by atoms with Crippen LogP contribution in [0.15, 0.2) is 0 Å². The first kappa shape index (κ1) is 9.88. The Bertz CT molecular complexity index is 59.9. The van der Waals surface area contributed by atoms with Crippen molar-refractivity contribution in [2.45, 2.75) is 19.9 Å². The van der Waals surface area contributed by atoms with E-state index in [1.54, 1.807) is 0 Å². The number of piperazine rings is 1. The van der Waals surface area contributed by atoms with Crippen LogP contribution in [0.25, 0.3) is 0 Å². The van der Waals surface area contributed by atoms with E-state index in [2.05, 4.69) is 17.6 Å². The van der Waals surface area contributed by atoms with Gasteiger partial charge < -0.3 is 16.4 Å². The maximum atomic E-state index is 4.85. The summed E-state index contributed by atoms with van der Waals surface area (Å²) in [5, 5.41) is 6.59. The first-order chi connectivity index (χ1) is 4.81. The van der Waals surface area contributed by atoms with Gasteiger partial charge in [0.05, 0.1) is 0 Å². The highest BCUT2D eigenvalue weighted by molar-refractivity contribution is 4.69. The second kappa shape index (κ2) is 6.99. The highest BCUT2D eigenvalue weighted by Gasteiger charge is 2.03. The van der Waals surface area contributed by atoms with Gasteiger partial charge in [0.2, 0.25) is 0 Å². The summed E-state index contributed by atoms with van der Waals surface area (Å²) in [4.78, 5) is 0. The molecule has 1 aliphatic heterocycles. The molecular weight excluding hydrogens is 126 g/mol. The molecule has 0 aromatic heterocycles. The fourth-order valence-electron chi connectivity index (χ4n) is 0.798. The summed E-state index contributed by atoms with van der Waals surface area (Å²) in [5.41, 5.74) is 4.85. The molecule has 1 unspecified atom stereocenters. The minimum absolute atomic E-state index is 0.675. The molecule has 10 heavy (non-hydrogen) atoms. The molecule has 0 aromatic rings. The summed E-state index contributed by atoms with van der Waals surface area (Å²) in [6, 6.07) is 0.675. The van der Waals surface area contributed by atoms with E-state index in [9.17, 15) is 0 Å². The molecule has 0 aliphatic carbocycles. The van der Waals surface area contributed by atoms with Crippen LogP contribution in [0.1, 0.15) is 13.8 Å². The van der Waals surface area contributed by atoms with E-state index in [0.29, 0.717) is 6.04 Å². The van der Waals surface area contributed by atoms with Gasteiger partial charge in [0.25, 0.3) is 0 Å². The molecule has 3 nitrogen and oxygen atoms in total. The van der Waals surface area contributed by atoms with E-state index < -0.39 is 0 Å². The molecule has 0 amide bonds. The molecule has 0 aromatic carbocycles. The summed E-state index contributed by atoms with van der Waals surface area (Å²) < 4.78 is 0. The lowest BCUT2D eigenvalue weighted by atomic mass is 10.3. The second-order valence-electron chi connectivity index (χ2n) is 2.47. The van der Waals surface area contributed by atoms with Crippen molar-refractivity contribution in [3.8, 4) is 0 Å². The molecule has 0 radical (unpaired) electrons. The van der Waals surface area contributed by atoms with Gasteiger partial charge in [0.15, 0.2) is 0 Å². The molecule has 62 valence electrons. The number of hydrogen-bond acceptors (Lipinski definition) is 3. The van der Waals surface area contributed by atoms with Crippen LogP contribution in [0, 0.1) is 0 Å². The van der Waals surface area contributed by atoms with E-state index in [4.69, 9.17) is 5.73 Å². The van der Waals surface area contributed by atoms with Crippen molar-refractivity contribution in [1.82, 2.24) is 10.6 Å². The number of nitrogens with two attached hydrogens (primary N) is 1. The van der Waals surface area contributed by atoms with E-state index >= 15 is 0 Å². The molecule has 0 spiro atoms. The van der Waals surface area contributed by atoms with E-state index in [-0.39, 0.29) is 0 Å². The SMILES string of the molecule is CC1CNCCN1.CCN. The molecule has 1 fully saturated rings. The second-order valence-corrected chi connectivity index (χ2v) is 2.47. The van der Waals surface area contributed by atoms with Crippen molar-refractivity contribution in [3.05, 3.63) is 0 Å². The molecule has 1 aliphatic rings. The molecular formula is C7H19N3. The molecule has 4 N–H and O–H groups in total. The Morgan fingerprint density at radius 3 is 2.30 bits per heavy atom. The first-order valence-corrected chi connectivity index (χ1v) is 3.95. The number of hydrogen-bond donors (Lipinski definition) is 3. The monoisotopic (exact) mass is 145 g/mol. The van der Waals surface area contributed by atoms with Crippen LogP contribution in [0.2, 0.25) is 0 Å². The van der Waals surface area contributed by atoms with Crippen molar-refractivity contribution >= 4 is 0 Å². The van der Waals surface area contributed by atoms with Gasteiger partial charge in [-0.2, -0.15) is 0 Å². The summed E-state index contributed by atoms with van der Waals surface area (Å²) >= 11 is 0. The Labute approximate surface area is 63.4 Å². The predicted molar refractivity (Wildman–Crippen MR) is 45.1 cm³/mol. The zero-order valence-electron chi connectivity index (χ0n) is 6.98. The van der Waals surface area contributed by atoms with Crippen molar-refractivity contribution in [1.29, 1.82) is 0 Å². The Morgan fingerprint density at radius 2 is 2.10 bits per heavy atom. The minimum atomic E-state index is 0.675. The Morgan fingerprint density at radius 1 is 1.50 bits per heavy atom. The lowest BCUT2D eigenvalue weighted by Crippen LogP contribution is -2.46. The van der Waals surface area contributed by atoms with Gasteiger partial charge in [-0.1, -0.05) is 6.92 Å². The van der Waals surface area contributed by atoms with Crippen molar-refractivity contribution in [3.63, 3.8) is 0 Å². The topological polar surface area (TPSA) is 50.1 Å². The molecule has 1 atom stereocenters. The fraction of sp³-hybridized carbons (Fsp3) is 1.00. The maximum absolute atomic E-state index is 4.85. The number of rotatable bonds is 0. The molecule has 1 heterocycles. The summed E-state index contributed by atoms with van der Waals surface area (Å²) in [5.74, 6) is 0. The van der Waals surface area contributed by atoms with Crippen molar-refractivity contribution in [2.75, 3.05) is 26.2 Å². The Balaban J connectivity index is 0.000000236. The highest BCUT2D eigenvalue weighted by Crippen LogP contribution is 1.80. The largest absolute Gasteiger partial charge is 0.331 e.